The summed E-state index contributed by atoms with van der Waals surface area (Å²) in [6, 6.07) is 4.18. The van der Waals surface area contributed by atoms with Crippen LogP contribution in [0.2, 0.25) is 0 Å². The van der Waals surface area contributed by atoms with E-state index in [-0.39, 0.29) is 18.0 Å². The van der Waals surface area contributed by atoms with E-state index in [4.69, 9.17) is 5.73 Å². The Morgan fingerprint density at radius 2 is 2.28 bits per heavy atom. The molecule has 0 saturated heterocycles. The van der Waals surface area contributed by atoms with Gasteiger partial charge in [-0.15, -0.1) is 0 Å². The minimum atomic E-state index is 0.0983. The van der Waals surface area contributed by atoms with Gasteiger partial charge in [-0.2, -0.15) is 0 Å². The monoisotopic (exact) mass is 247 g/mol. The molecule has 4 nitrogen and oxygen atoms in total. The lowest BCUT2D eigenvalue weighted by molar-refractivity contribution is -0.122. The van der Waals surface area contributed by atoms with Crippen molar-refractivity contribution in [2.24, 2.45) is 5.73 Å². The predicted molar refractivity (Wildman–Crippen MR) is 70.9 cm³/mol. The number of carbonyl (C=O) groups is 1. The number of aryl methyl sites for hydroxylation is 1. The zero-order valence-electron chi connectivity index (χ0n) is 10.6. The van der Waals surface area contributed by atoms with Crippen LogP contribution in [0.5, 0.6) is 0 Å². The molecule has 1 aromatic rings. The molecular weight excluding hydrogens is 226 g/mol. The van der Waals surface area contributed by atoms with Crippen LogP contribution in [0.4, 0.5) is 0 Å². The Morgan fingerprint density at radius 1 is 1.44 bits per heavy atom. The quantitative estimate of drug-likeness (QED) is 0.845. The Morgan fingerprint density at radius 3 is 3.00 bits per heavy atom. The Labute approximate surface area is 108 Å². The fourth-order valence-electron chi connectivity index (χ4n) is 2.42. The number of aromatic nitrogens is 1. The van der Waals surface area contributed by atoms with Crippen molar-refractivity contribution in [3.8, 4) is 0 Å². The van der Waals surface area contributed by atoms with Gasteiger partial charge in [-0.3, -0.25) is 9.78 Å². The van der Waals surface area contributed by atoms with Crippen LogP contribution >= 0.6 is 0 Å². The van der Waals surface area contributed by atoms with Crippen LogP contribution in [-0.4, -0.2) is 23.0 Å². The van der Waals surface area contributed by atoms with E-state index in [0.717, 1.165) is 24.8 Å². The zero-order chi connectivity index (χ0) is 12.8. The summed E-state index contributed by atoms with van der Waals surface area (Å²) >= 11 is 0. The molecule has 3 N–H and O–H groups in total. The van der Waals surface area contributed by atoms with E-state index in [1.165, 1.54) is 12.8 Å². The molecule has 2 unspecified atom stereocenters. The summed E-state index contributed by atoms with van der Waals surface area (Å²) in [5, 5.41) is 3.05. The van der Waals surface area contributed by atoms with Crippen molar-refractivity contribution in [1.29, 1.82) is 0 Å². The van der Waals surface area contributed by atoms with Gasteiger partial charge in [0.2, 0.25) is 5.91 Å². The lowest BCUT2D eigenvalue weighted by Crippen LogP contribution is -2.49. The highest BCUT2D eigenvalue weighted by molar-refractivity contribution is 5.76. The fourth-order valence-corrected chi connectivity index (χ4v) is 2.42. The van der Waals surface area contributed by atoms with Gasteiger partial charge >= 0.3 is 0 Å². The van der Waals surface area contributed by atoms with E-state index in [2.05, 4.69) is 10.3 Å². The van der Waals surface area contributed by atoms with Gasteiger partial charge in [0.15, 0.2) is 0 Å². The molecule has 1 saturated carbocycles. The normalized spacial score (nSPS) is 23.6. The number of hydrogen-bond donors (Lipinski definition) is 2. The summed E-state index contributed by atoms with van der Waals surface area (Å²) in [4.78, 5) is 15.9. The Kier molecular flexibility index (Phi) is 4.70. The van der Waals surface area contributed by atoms with E-state index in [0.29, 0.717) is 6.42 Å². The fraction of sp³-hybridized carbons (Fsp3) is 0.571. The van der Waals surface area contributed by atoms with Crippen molar-refractivity contribution in [1.82, 2.24) is 10.3 Å². The molecule has 1 aromatic heterocycles. The van der Waals surface area contributed by atoms with Crippen LogP contribution in [0.15, 0.2) is 24.5 Å². The second kappa shape index (κ2) is 6.50. The largest absolute Gasteiger partial charge is 0.352 e. The van der Waals surface area contributed by atoms with Gasteiger partial charge in [-0.05, 0) is 30.9 Å². The highest BCUT2D eigenvalue weighted by atomic mass is 16.1. The SMILES string of the molecule is NC1CCCCC1NC(=O)CCc1cccnc1. The van der Waals surface area contributed by atoms with E-state index in [1.807, 2.05) is 12.1 Å². The summed E-state index contributed by atoms with van der Waals surface area (Å²) in [6.07, 6.45) is 9.18. The van der Waals surface area contributed by atoms with E-state index >= 15 is 0 Å². The highest BCUT2D eigenvalue weighted by Gasteiger charge is 2.22. The van der Waals surface area contributed by atoms with Crippen LogP contribution in [0, 0.1) is 0 Å². The van der Waals surface area contributed by atoms with Gasteiger partial charge in [0.05, 0.1) is 0 Å². The van der Waals surface area contributed by atoms with Crippen LogP contribution in [-0.2, 0) is 11.2 Å². The third kappa shape index (κ3) is 3.81. The Balaban J connectivity index is 1.75. The van der Waals surface area contributed by atoms with Gasteiger partial charge in [0.25, 0.3) is 0 Å². The molecule has 18 heavy (non-hydrogen) atoms. The average Bonchev–Trinajstić information content (AvgIpc) is 2.40. The summed E-state index contributed by atoms with van der Waals surface area (Å²) in [6.45, 7) is 0. The number of nitrogens with two attached hydrogens (primary N) is 1. The van der Waals surface area contributed by atoms with Crippen LogP contribution in [0.3, 0.4) is 0 Å². The van der Waals surface area contributed by atoms with Crippen molar-refractivity contribution < 1.29 is 4.79 Å². The number of nitrogens with one attached hydrogen (secondary N) is 1. The first kappa shape index (κ1) is 13.0. The molecule has 0 aliphatic heterocycles. The second-order valence-corrected chi connectivity index (χ2v) is 4.98. The van der Waals surface area contributed by atoms with Crippen molar-refractivity contribution >= 4 is 5.91 Å². The van der Waals surface area contributed by atoms with Gasteiger partial charge in [0, 0.05) is 30.9 Å². The van der Waals surface area contributed by atoms with E-state index < -0.39 is 0 Å². The molecule has 0 aromatic carbocycles. The summed E-state index contributed by atoms with van der Waals surface area (Å²) in [5.41, 5.74) is 7.11. The second-order valence-electron chi connectivity index (χ2n) is 4.98. The van der Waals surface area contributed by atoms with Crippen molar-refractivity contribution in [3.63, 3.8) is 0 Å². The topological polar surface area (TPSA) is 68.0 Å². The highest BCUT2D eigenvalue weighted by Crippen LogP contribution is 2.17. The van der Waals surface area contributed by atoms with Gasteiger partial charge in [0.1, 0.15) is 0 Å². The molecule has 0 spiro atoms. The maximum atomic E-state index is 11.8. The van der Waals surface area contributed by atoms with Crippen LogP contribution in [0.25, 0.3) is 0 Å². The molecule has 2 atom stereocenters. The predicted octanol–water partition coefficient (Wildman–Crippen LogP) is 1.40. The number of nitrogens with zero attached hydrogens (tertiary/aromatic N) is 1. The molecule has 98 valence electrons. The Bertz CT molecular complexity index is 380. The third-order valence-electron chi connectivity index (χ3n) is 3.53. The minimum Gasteiger partial charge on any atom is -0.352 e. The number of carbonyl (C=O) groups excluding carboxylic acids is 1. The molecule has 1 amide bonds. The number of pyridine rings is 1. The Hall–Kier alpha value is -1.42. The molecule has 2 rings (SSSR count). The lowest BCUT2D eigenvalue weighted by Gasteiger charge is -2.29. The molecule has 1 aliphatic rings. The van der Waals surface area contributed by atoms with E-state index in [1.54, 1.807) is 12.4 Å². The van der Waals surface area contributed by atoms with Crippen molar-refractivity contribution in [2.75, 3.05) is 0 Å². The molecule has 0 radical (unpaired) electrons. The molecule has 1 aliphatic carbocycles. The van der Waals surface area contributed by atoms with Gasteiger partial charge in [-0.1, -0.05) is 18.9 Å². The molecular formula is C14H21N3O. The average molecular weight is 247 g/mol. The first-order valence-electron chi connectivity index (χ1n) is 6.69. The van der Waals surface area contributed by atoms with Gasteiger partial charge < -0.3 is 11.1 Å². The lowest BCUT2D eigenvalue weighted by atomic mass is 9.91. The van der Waals surface area contributed by atoms with Gasteiger partial charge in [-0.25, -0.2) is 0 Å². The molecule has 1 heterocycles. The van der Waals surface area contributed by atoms with Crippen LogP contribution < -0.4 is 11.1 Å². The zero-order valence-corrected chi connectivity index (χ0v) is 10.6. The summed E-state index contributed by atoms with van der Waals surface area (Å²) < 4.78 is 0. The molecule has 4 heteroatoms. The number of hydrogen-bond acceptors (Lipinski definition) is 3. The van der Waals surface area contributed by atoms with E-state index in [9.17, 15) is 4.79 Å². The van der Waals surface area contributed by atoms with Crippen LogP contribution in [0.1, 0.15) is 37.7 Å². The number of amides is 1. The molecule has 1 fully saturated rings. The first-order chi connectivity index (χ1) is 8.75. The minimum absolute atomic E-state index is 0.0983. The smallest absolute Gasteiger partial charge is 0.220 e. The number of rotatable bonds is 4. The summed E-state index contributed by atoms with van der Waals surface area (Å²) in [5.74, 6) is 0.0983. The summed E-state index contributed by atoms with van der Waals surface area (Å²) in [7, 11) is 0. The standard InChI is InChI=1S/C14H21N3O/c15-12-5-1-2-6-13(12)17-14(18)8-7-11-4-3-9-16-10-11/h3-4,9-10,12-13H,1-2,5-8,15H2,(H,17,18). The third-order valence-corrected chi connectivity index (χ3v) is 3.53. The van der Waals surface area contributed by atoms with Crippen molar-refractivity contribution in [2.45, 2.75) is 50.6 Å². The maximum Gasteiger partial charge on any atom is 0.220 e. The van der Waals surface area contributed by atoms with Crippen molar-refractivity contribution in [3.05, 3.63) is 30.1 Å². The molecule has 0 bridgehead atoms. The maximum absolute atomic E-state index is 11.8. The first-order valence-corrected chi connectivity index (χ1v) is 6.69.